The lowest BCUT2D eigenvalue weighted by Crippen LogP contribution is -2.28. The lowest BCUT2D eigenvalue weighted by atomic mass is 10.1. The first-order valence-electron chi connectivity index (χ1n) is 7.00. The minimum Gasteiger partial charge on any atom is -0.496 e. The molecule has 5 nitrogen and oxygen atoms in total. The van der Waals surface area contributed by atoms with Crippen molar-refractivity contribution in [3.05, 3.63) is 28.2 Å². The molecule has 1 fully saturated rings. The predicted molar refractivity (Wildman–Crippen MR) is 88.5 cm³/mol. The van der Waals surface area contributed by atoms with E-state index in [1.54, 1.807) is 7.11 Å². The van der Waals surface area contributed by atoms with E-state index in [1.165, 1.54) is 6.26 Å². The zero-order valence-electron chi connectivity index (χ0n) is 12.7. The molecular formula is C15H20BrNO4S. The average molecular weight is 390 g/mol. The molecule has 1 saturated carbocycles. The van der Waals surface area contributed by atoms with Crippen LogP contribution in [0.3, 0.4) is 0 Å². The Bertz CT molecular complexity index is 668. The first-order chi connectivity index (χ1) is 10.2. The second-order valence-corrected chi connectivity index (χ2v) is 8.99. The highest BCUT2D eigenvalue weighted by atomic mass is 79.9. The van der Waals surface area contributed by atoms with Crippen molar-refractivity contribution >= 4 is 31.7 Å². The Hall–Kier alpha value is -1.08. The SMILES string of the molecule is COc1ccc(CNC(=O)CC2(CS(C)(=O)=O)CC2)cc1Br. The second-order valence-electron chi connectivity index (χ2n) is 5.99. The van der Waals surface area contributed by atoms with E-state index in [0.717, 1.165) is 28.6 Å². The van der Waals surface area contributed by atoms with Crippen LogP contribution in [0.1, 0.15) is 24.8 Å². The highest BCUT2D eigenvalue weighted by Crippen LogP contribution is 2.49. The monoisotopic (exact) mass is 389 g/mol. The van der Waals surface area contributed by atoms with Gasteiger partial charge in [-0.3, -0.25) is 4.79 Å². The normalized spacial score (nSPS) is 16.1. The number of amides is 1. The van der Waals surface area contributed by atoms with E-state index in [9.17, 15) is 13.2 Å². The molecule has 1 aromatic rings. The van der Waals surface area contributed by atoms with Crippen LogP contribution in [0, 0.1) is 5.41 Å². The lowest BCUT2D eigenvalue weighted by Gasteiger charge is -2.14. The number of carbonyl (C=O) groups is 1. The minimum atomic E-state index is -3.05. The number of methoxy groups -OCH3 is 1. The van der Waals surface area contributed by atoms with Crippen LogP contribution in [-0.4, -0.2) is 33.4 Å². The van der Waals surface area contributed by atoms with E-state index >= 15 is 0 Å². The molecule has 1 aliphatic rings. The van der Waals surface area contributed by atoms with Crippen molar-refractivity contribution in [3.63, 3.8) is 0 Å². The number of sulfone groups is 1. The molecule has 2 rings (SSSR count). The van der Waals surface area contributed by atoms with Crippen LogP contribution in [0.25, 0.3) is 0 Å². The molecule has 0 heterocycles. The molecule has 0 atom stereocenters. The van der Waals surface area contributed by atoms with E-state index in [0.29, 0.717) is 6.54 Å². The van der Waals surface area contributed by atoms with E-state index in [2.05, 4.69) is 21.2 Å². The third-order valence-electron chi connectivity index (χ3n) is 3.77. The smallest absolute Gasteiger partial charge is 0.220 e. The molecule has 0 aliphatic heterocycles. The van der Waals surface area contributed by atoms with Crippen molar-refractivity contribution in [3.8, 4) is 5.75 Å². The number of benzene rings is 1. The summed E-state index contributed by atoms with van der Waals surface area (Å²) < 4.78 is 28.8. The molecule has 0 spiro atoms. The van der Waals surface area contributed by atoms with Crippen molar-refractivity contribution in [1.29, 1.82) is 0 Å². The topological polar surface area (TPSA) is 72.5 Å². The van der Waals surface area contributed by atoms with Crippen LogP contribution >= 0.6 is 15.9 Å². The summed E-state index contributed by atoms with van der Waals surface area (Å²) in [6.45, 7) is 0.413. The van der Waals surface area contributed by atoms with Gasteiger partial charge in [0.25, 0.3) is 0 Å². The summed E-state index contributed by atoms with van der Waals surface area (Å²) in [7, 11) is -1.45. The van der Waals surface area contributed by atoms with Gasteiger partial charge >= 0.3 is 0 Å². The summed E-state index contributed by atoms with van der Waals surface area (Å²) in [6, 6.07) is 5.60. The largest absolute Gasteiger partial charge is 0.496 e. The van der Waals surface area contributed by atoms with Crippen LogP contribution in [0.15, 0.2) is 22.7 Å². The van der Waals surface area contributed by atoms with Crippen molar-refractivity contribution in [2.45, 2.75) is 25.8 Å². The van der Waals surface area contributed by atoms with Crippen LogP contribution in [0.5, 0.6) is 5.75 Å². The van der Waals surface area contributed by atoms with Gasteiger partial charge in [0, 0.05) is 19.2 Å². The number of ether oxygens (including phenoxy) is 1. The van der Waals surface area contributed by atoms with Crippen molar-refractivity contribution in [1.82, 2.24) is 5.32 Å². The fourth-order valence-corrected chi connectivity index (χ4v) is 4.62. The molecule has 1 N–H and O–H groups in total. The Morgan fingerprint density at radius 1 is 1.41 bits per heavy atom. The van der Waals surface area contributed by atoms with E-state index in [4.69, 9.17) is 4.74 Å². The Labute approximate surface area is 139 Å². The van der Waals surface area contributed by atoms with Gasteiger partial charge in [-0.2, -0.15) is 0 Å². The van der Waals surface area contributed by atoms with Crippen molar-refractivity contribution < 1.29 is 17.9 Å². The van der Waals surface area contributed by atoms with Crippen molar-refractivity contribution in [2.24, 2.45) is 5.41 Å². The van der Waals surface area contributed by atoms with E-state index in [-0.39, 0.29) is 23.5 Å². The fourth-order valence-electron chi connectivity index (χ4n) is 2.53. The minimum absolute atomic E-state index is 0.0987. The van der Waals surface area contributed by atoms with E-state index < -0.39 is 9.84 Å². The number of rotatable bonds is 7. The van der Waals surface area contributed by atoms with Gasteiger partial charge < -0.3 is 10.1 Å². The quantitative estimate of drug-likeness (QED) is 0.776. The first kappa shape index (κ1) is 17.3. The highest BCUT2D eigenvalue weighted by molar-refractivity contribution is 9.10. The summed E-state index contributed by atoms with van der Waals surface area (Å²) in [4.78, 5) is 12.0. The van der Waals surface area contributed by atoms with Crippen LogP contribution in [0.2, 0.25) is 0 Å². The summed E-state index contributed by atoms with van der Waals surface area (Å²) in [5.74, 6) is 0.731. The van der Waals surface area contributed by atoms with Crippen LogP contribution in [0.4, 0.5) is 0 Å². The highest BCUT2D eigenvalue weighted by Gasteiger charge is 2.46. The fraction of sp³-hybridized carbons (Fsp3) is 0.533. The zero-order chi connectivity index (χ0) is 16.4. The maximum atomic E-state index is 12.0. The molecule has 1 aliphatic carbocycles. The molecule has 0 unspecified atom stereocenters. The van der Waals surface area contributed by atoms with Gasteiger partial charge in [-0.05, 0) is 51.9 Å². The number of hydrogen-bond donors (Lipinski definition) is 1. The van der Waals surface area contributed by atoms with Crippen LogP contribution < -0.4 is 10.1 Å². The molecule has 0 aromatic heterocycles. The van der Waals surface area contributed by atoms with Gasteiger partial charge in [0.15, 0.2) is 0 Å². The Morgan fingerprint density at radius 2 is 2.09 bits per heavy atom. The maximum absolute atomic E-state index is 12.0. The number of nitrogens with one attached hydrogen (secondary N) is 1. The third kappa shape index (κ3) is 4.98. The maximum Gasteiger partial charge on any atom is 0.220 e. The molecule has 0 saturated heterocycles. The zero-order valence-corrected chi connectivity index (χ0v) is 15.1. The van der Waals surface area contributed by atoms with Gasteiger partial charge in [0.05, 0.1) is 17.3 Å². The van der Waals surface area contributed by atoms with Crippen LogP contribution in [-0.2, 0) is 21.2 Å². The predicted octanol–water partition coefficient (Wildman–Crippen LogP) is 2.29. The van der Waals surface area contributed by atoms with E-state index in [1.807, 2.05) is 18.2 Å². The summed E-state index contributed by atoms with van der Waals surface area (Å²) in [5, 5.41) is 2.85. The van der Waals surface area contributed by atoms with Gasteiger partial charge in [-0.15, -0.1) is 0 Å². The first-order valence-corrected chi connectivity index (χ1v) is 9.85. The summed E-state index contributed by atoms with van der Waals surface area (Å²) in [5.41, 5.74) is 0.618. The number of halogens is 1. The molecule has 0 bridgehead atoms. The molecule has 1 aromatic carbocycles. The second kappa shape index (κ2) is 6.58. The molecule has 22 heavy (non-hydrogen) atoms. The standard InChI is InChI=1S/C15H20BrNO4S/c1-21-13-4-3-11(7-12(13)16)9-17-14(18)8-15(5-6-15)10-22(2,19)20/h3-4,7H,5-6,8-10H2,1-2H3,(H,17,18). The number of carbonyl (C=O) groups excluding carboxylic acids is 1. The Balaban J connectivity index is 1.87. The van der Waals surface area contributed by atoms with Gasteiger partial charge in [-0.1, -0.05) is 6.07 Å². The van der Waals surface area contributed by atoms with Gasteiger partial charge in [-0.25, -0.2) is 8.42 Å². The summed E-state index contributed by atoms with van der Waals surface area (Å²) in [6.07, 6.45) is 3.11. The lowest BCUT2D eigenvalue weighted by molar-refractivity contribution is -0.122. The third-order valence-corrected chi connectivity index (χ3v) is 5.52. The average Bonchev–Trinajstić information content (AvgIpc) is 3.13. The van der Waals surface area contributed by atoms with Gasteiger partial charge in [0.1, 0.15) is 15.6 Å². The molecule has 1 amide bonds. The van der Waals surface area contributed by atoms with Crippen molar-refractivity contribution in [2.75, 3.05) is 19.1 Å². The molecule has 0 radical (unpaired) electrons. The van der Waals surface area contributed by atoms with Gasteiger partial charge in [0.2, 0.25) is 5.91 Å². The number of hydrogen-bond acceptors (Lipinski definition) is 4. The molecule has 122 valence electrons. The summed E-state index contributed by atoms with van der Waals surface area (Å²) >= 11 is 3.40. The molecular weight excluding hydrogens is 370 g/mol. The molecule has 7 heteroatoms. The Morgan fingerprint density at radius 3 is 2.59 bits per heavy atom. The Kier molecular flexibility index (Phi) is 5.17.